The molecule has 4 nitrogen and oxygen atoms in total. The van der Waals surface area contributed by atoms with Gasteiger partial charge in [0.15, 0.2) is 0 Å². The van der Waals surface area contributed by atoms with E-state index >= 15 is 0 Å². The Bertz CT molecular complexity index is 237. The molecule has 0 aliphatic heterocycles. The van der Waals surface area contributed by atoms with Crippen LogP contribution in [-0.2, 0) is 9.84 Å². The molecular weight excluding hydrogens is 200 g/mol. The van der Waals surface area contributed by atoms with Crippen molar-refractivity contribution in [2.24, 2.45) is 11.8 Å². The third kappa shape index (κ3) is 8.47. The van der Waals surface area contributed by atoms with E-state index < -0.39 is 9.84 Å². The highest BCUT2D eigenvalue weighted by atomic mass is 32.2. The van der Waals surface area contributed by atoms with Crippen LogP contribution < -0.4 is 11.3 Å². The molecule has 1 unspecified atom stereocenters. The monoisotopic (exact) mass is 222 g/mol. The second-order valence-corrected chi connectivity index (χ2v) is 6.47. The first-order valence-electron chi connectivity index (χ1n) is 4.99. The van der Waals surface area contributed by atoms with Gasteiger partial charge in [-0.1, -0.05) is 26.7 Å². The van der Waals surface area contributed by atoms with Crippen LogP contribution in [0.1, 0.15) is 33.1 Å². The number of nitrogens with two attached hydrogens (primary N) is 1. The highest BCUT2D eigenvalue weighted by Crippen LogP contribution is 2.09. The van der Waals surface area contributed by atoms with Gasteiger partial charge in [-0.25, -0.2) is 8.42 Å². The Labute approximate surface area is 87.1 Å². The van der Waals surface area contributed by atoms with Crippen LogP contribution >= 0.6 is 0 Å². The van der Waals surface area contributed by atoms with E-state index in [9.17, 15) is 8.42 Å². The van der Waals surface area contributed by atoms with Crippen molar-refractivity contribution < 1.29 is 8.42 Å². The lowest BCUT2D eigenvalue weighted by atomic mass is 10.0. The molecule has 0 aliphatic carbocycles. The van der Waals surface area contributed by atoms with Crippen molar-refractivity contribution in [1.82, 2.24) is 5.43 Å². The lowest BCUT2D eigenvalue weighted by Gasteiger charge is -2.14. The van der Waals surface area contributed by atoms with Gasteiger partial charge < -0.3 is 0 Å². The van der Waals surface area contributed by atoms with Gasteiger partial charge in [0.2, 0.25) is 0 Å². The summed E-state index contributed by atoms with van der Waals surface area (Å²) in [6.45, 7) is 4.31. The molecule has 0 bridgehead atoms. The van der Waals surface area contributed by atoms with Gasteiger partial charge in [-0.3, -0.25) is 11.3 Å². The Morgan fingerprint density at radius 1 is 1.29 bits per heavy atom. The second kappa shape index (κ2) is 6.37. The standard InChI is InChI=1S/C9H22N2O2S/c1-8(2)5-4-6-9(11-10)7-14(3,12)13/h8-9,11H,4-7,10H2,1-3H3. The molecule has 3 N–H and O–H groups in total. The summed E-state index contributed by atoms with van der Waals surface area (Å²) in [5.74, 6) is 6.07. The fourth-order valence-corrected chi connectivity index (χ4v) is 2.35. The second-order valence-electron chi connectivity index (χ2n) is 4.28. The molecule has 0 aromatic rings. The Morgan fingerprint density at radius 3 is 2.21 bits per heavy atom. The third-order valence-electron chi connectivity index (χ3n) is 2.07. The molecule has 5 heteroatoms. The van der Waals surface area contributed by atoms with E-state index in [1.54, 1.807) is 0 Å². The quantitative estimate of drug-likeness (QED) is 0.491. The van der Waals surface area contributed by atoms with Crippen LogP contribution in [0.5, 0.6) is 0 Å². The number of hydrogen-bond acceptors (Lipinski definition) is 4. The summed E-state index contributed by atoms with van der Waals surface area (Å²) >= 11 is 0. The van der Waals surface area contributed by atoms with Crippen LogP contribution in [0.4, 0.5) is 0 Å². The van der Waals surface area contributed by atoms with Crippen LogP contribution in [0.2, 0.25) is 0 Å². The molecule has 0 aliphatic rings. The summed E-state index contributed by atoms with van der Waals surface area (Å²) in [5.41, 5.74) is 2.55. The largest absolute Gasteiger partial charge is 0.271 e. The number of rotatable bonds is 7. The Morgan fingerprint density at radius 2 is 1.86 bits per heavy atom. The molecule has 0 heterocycles. The molecule has 0 rings (SSSR count). The zero-order valence-electron chi connectivity index (χ0n) is 9.29. The molecule has 0 saturated carbocycles. The minimum Gasteiger partial charge on any atom is -0.271 e. The minimum atomic E-state index is -2.93. The molecule has 86 valence electrons. The minimum absolute atomic E-state index is 0.108. The zero-order valence-corrected chi connectivity index (χ0v) is 10.1. The number of hydrazine groups is 1. The first-order chi connectivity index (χ1) is 6.35. The van der Waals surface area contributed by atoms with Gasteiger partial charge in [-0.2, -0.15) is 0 Å². The van der Waals surface area contributed by atoms with E-state index in [2.05, 4.69) is 19.3 Å². The first kappa shape index (κ1) is 13.9. The van der Waals surface area contributed by atoms with Crippen LogP contribution in [-0.4, -0.2) is 26.5 Å². The topological polar surface area (TPSA) is 72.2 Å². The fraction of sp³-hybridized carbons (Fsp3) is 1.00. The number of hydrogen-bond donors (Lipinski definition) is 2. The van der Waals surface area contributed by atoms with Gasteiger partial charge in [-0.05, 0) is 12.3 Å². The third-order valence-corrected chi connectivity index (χ3v) is 3.08. The molecule has 0 amide bonds. The van der Waals surface area contributed by atoms with Crippen LogP contribution in [0.3, 0.4) is 0 Å². The van der Waals surface area contributed by atoms with E-state index in [4.69, 9.17) is 5.84 Å². The maximum absolute atomic E-state index is 11.0. The van der Waals surface area contributed by atoms with Crippen molar-refractivity contribution in [1.29, 1.82) is 0 Å². The molecule has 1 atom stereocenters. The van der Waals surface area contributed by atoms with E-state index in [1.165, 1.54) is 6.26 Å². The SMILES string of the molecule is CC(C)CCCC(CS(C)(=O)=O)NN. The number of sulfone groups is 1. The van der Waals surface area contributed by atoms with Crippen molar-refractivity contribution in [3.8, 4) is 0 Å². The summed E-state index contributed by atoms with van der Waals surface area (Å²) in [7, 11) is -2.93. The lowest BCUT2D eigenvalue weighted by Crippen LogP contribution is -2.40. The number of nitrogens with one attached hydrogen (secondary N) is 1. The van der Waals surface area contributed by atoms with Crippen LogP contribution in [0.25, 0.3) is 0 Å². The molecule has 0 aromatic carbocycles. The molecule has 0 radical (unpaired) electrons. The summed E-state index contributed by atoms with van der Waals surface area (Å²) in [6.07, 6.45) is 4.19. The normalized spacial score (nSPS) is 14.6. The van der Waals surface area contributed by atoms with Gasteiger partial charge in [0.25, 0.3) is 0 Å². The molecule has 0 aromatic heterocycles. The molecule has 0 saturated heterocycles. The average molecular weight is 222 g/mol. The molecule has 14 heavy (non-hydrogen) atoms. The zero-order chi connectivity index (χ0) is 11.2. The Hall–Kier alpha value is -0.130. The van der Waals surface area contributed by atoms with Crippen LogP contribution in [0, 0.1) is 5.92 Å². The van der Waals surface area contributed by atoms with Gasteiger partial charge in [0.05, 0.1) is 5.75 Å². The Kier molecular flexibility index (Phi) is 6.31. The van der Waals surface area contributed by atoms with E-state index in [-0.39, 0.29) is 11.8 Å². The molecule has 0 fully saturated rings. The average Bonchev–Trinajstić information content (AvgIpc) is 1.99. The molecular formula is C9H22N2O2S. The van der Waals surface area contributed by atoms with Crippen LogP contribution in [0.15, 0.2) is 0 Å². The maximum Gasteiger partial charge on any atom is 0.149 e. The predicted octanol–water partition coefficient (Wildman–Crippen LogP) is 0.689. The Balaban J connectivity index is 3.81. The van der Waals surface area contributed by atoms with Gasteiger partial charge >= 0.3 is 0 Å². The van der Waals surface area contributed by atoms with Gasteiger partial charge in [0, 0.05) is 12.3 Å². The van der Waals surface area contributed by atoms with E-state index in [1.807, 2.05) is 0 Å². The summed E-state index contributed by atoms with van der Waals surface area (Å²) in [4.78, 5) is 0. The summed E-state index contributed by atoms with van der Waals surface area (Å²) in [5, 5.41) is 0. The van der Waals surface area contributed by atoms with E-state index in [0.717, 1.165) is 19.3 Å². The highest BCUT2D eigenvalue weighted by Gasteiger charge is 2.13. The summed E-state index contributed by atoms with van der Waals surface area (Å²) < 4.78 is 22.0. The lowest BCUT2D eigenvalue weighted by molar-refractivity contribution is 0.463. The first-order valence-corrected chi connectivity index (χ1v) is 7.05. The van der Waals surface area contributed by atoms with E-state index in [0.29, 0.717) is 5.92 Å². The fourth-order valence-electron chi connectivity index (χ4n) is 1.35. The smallest absolute Gasteiger partial charge is 0.149 e. The maximum atomic E-state index is 11.0. The van der Waals surface area contributed by atoms with Gasteiger partial charge in [0.1, 0.15) is 9.84 Å². The van der Waals surface area contributed by atoms with Crippen molar-refractivity contribution >= 4 is 9.84 Å². The van der Waals surface area contributed by atoms with Crippen molar-refractivity contribution in [3.05, 3.63) is 0 Å². The van der Waals surface area contributed by atoms with Crippen molar-refractivity contribution in [3.63, 3.8) is 0 Å². The predicted molar refractivity (Wildman–Crippen MR) is 59.5 cm³/mol. The molecule has 0 spiro atoms. The van der Waals surface area contributed by atoms with Crippen molar-refractivity contribution in [2.45, 2.75) is 39.2 Å². The highest BCUT2D eigenvalue weighted by molar-refractivity contribution is 7.90. The summed E-state index contributed by atoms with van der Waals surface area (Å²) in [6, 6.07) is -0.108. The van der Waals surface area contributed by atoms with Gasteiger partial charge in [-0.15, -0.1) is 0 Å². The van der Waals surface area contributed by atoms with Crippen molar-refractivity contribution in [2.75, 3.05) is 12.0 Å².